The number of ether oxygens (including phenoxy) is 1. The number of nitrogens with zero attached hydrogens (tertiary/aromatic N) is 3. The summed E-state index contributed by atoms with van der Waals surface area (Å²) in [6.07, 6.45) is -3.09. The molecular formula is C16H20F3N3O. The van der Waals surface area contributed by atoms with E-state index in [4.69, 9.17) is 4.74 Å². The van der Waals surface area contributed by atoms with Crippen molar-refractivity contribution in [1.29, 1.82) is 0 Å². The zero-order valence-electron chi connectivity index (χ0n) is 13.2. The molecule has 4 nitrogen and oxygen atoms in total. The number of hydrogen-bond acceptors (Lipinski definition) is 3. The summed E-state index contributed by atoms with van der Waals surface area (Å²) in [7, 11) is 1.45. The Kier molecular flexibility index (Phi) is 4.23. The summed E-state index contributed by atoms with van der Waals surface area (Å²) in [6.45, 7) is 4.61. The van der Waals surface area contributed by atoms with Crippen LogP contribution in [0, 0.1) is 0 Å². The summed E-state index contributed by atoms with van der Waals surface area (Å²) in [6, 6.07) is 4.85. The maximum absolute atomic E-state index is 13.5. The van der Waals surface area contributed by atoms with Crippen molar-refractivity contribution in [1.82, 2.24) is 14.5 Å². The van der Waals surface area contributed by atoms with Crippen molar-refractivity contribution >= 4 is 11.0 Å². The van der Waals surface area contributed by atoms with E-state index in [0.29, 0.717) is 24.1 Å². The van der Waals surface area contributed by atoms with Gasteiger partial charge in [0.1, 0.15) is 11.3 Å². The van der Waals surface area contributed by atoms with E-state index in [1.807, 2.05) is 0 Å². The van der Waals surface area contributed by atoms with Gasteiger partial charge in [0, 0.05) is 19.1 Å². The number of rotatable bonds is 3. The second-order valence-electron chi connectivity index (χ2n) is 5.80. The molecule has 0 N–H and O–H groups in total. The molecule has 1 fully saturated rings. The standard InChI is InChI=1S/C16H20F3N3O/c1-3-21-9-7-11(8-10-21)22-12-5-4-6-13(23-2)14(12)20-15(22)16(17,18)19/h4-6,11H,3,7-10H2,1-2H3. The van der Waals surface area contributed by atoms with Crippen LogP contribution in [-0.2, 0) is 6.18 Å². The second kappa shape index (κ2) is 6.03. The Morgan fingerprint density at radius 3 is 2.52 bits per heavy atom. The zero-order valence-corrected chi connectivity index (χ0v) is 13.2. The quantitative estimate of drug-likeness (QED) is 0.861. The molecule has 1 aromatic heterocycles. The number of hydrogen-bond donors (Lipinski definition) is 0. The van der Waals surface area contributed by atoms with Crippen molar-refractivity contribution in [3.05, 3.63) is 24.0 Å². The molecule has 2 aromatic rings. The molecule has 3 rings (SSSR count). The molecule has 1 aliphatic heterocycles. The van der Waals surface area contributed by atoms with Crippen molar-refractivity contribution in [2.24, 2.45) is 0 Å². The number of methoxy groups -OCH3 is 1. The third kappa shape index (κ3) is 2.89. The third-order valence-corrected chi connectivity index (χ3v) is 4.53. The van der Waals surface area contributed by atoms with Gasteiger partial charge < -0.3 is 14.2 Å². The van der Waals surface area contributed by atoms with Gasteiger partial charge >= 0.3 is 6.18 Å². The lowest BCUT2D eigenvalue weighted by Gasteiger charge is -2.33. The number of imidazole rings is 1. The summed E-state index contributed by atoms with van der Waals surface area (Å²) in [5.41, 5.74) is 0.770. The molecule has 2 heterocycles. The Hall–Kier alpha value is -1.76. The normalized spacial score (nSPS) is 17.8. The smallest absolute Gasteiger partial charge is 0.449 e. The molecule has 1 aromatic carbocycles. The highest BCUT2D eigenvalue weighted by molar-refractivity contribution is 5.82. The number of benzene rings is 1. The highest BCUT2D eigenvalue weighted by Crippen LogP contribution is 2.38. The molecular weight excluding hydrogens is 307 g/mol. The maximum Gasteiger partial charge on any atom is 0.449 e. The number of halogens is 3. The molecule has 1 aliphatic rings. The van der Waals surface area contributed by atoms with Crippen LogP contribution in [0.15, 0.2) is 18.2 Å². The minimum Gasteiger partial charge on any atom is -0.494 e. The molecule has 0 spiro atoms. The highest BCUT2D eigenvalue weighted by Gasteiger charge is 2.40. The Morgan fingerprint density at radius 2 is 1.96 bits per heavy atom. The Morgan fingerprint density at radius 1 is 1.26 bits per heavy atom. The predicted molar refractivity (Wildman–Crippen MR) is 81.7 cm³/mol. The largest absolute Gasteiger partial charge is 0.494 e. The van der Waals surface area contributed by atoms with Crippen molar-refractivity contribution in [2.45, 2.75) is 32.0 Å². The first kappa shape index (κ1) is 16.1. The topological polar surface area (TPSA) is 30.3 Å². The van der Waals surface area contributed by atoms with Gasteiger partial charge in [-0.25, -0.2) is 4.98 Å². The molecule has 7 heteroatoms. The van der Waals surface area contributed by atoms with Crippen LogP contribution < -0.4 is 4.74 Å². The van der Waals surface area contributed by atoms with E-state index in [1.54, 1.807) is 18.2 Å². The monoisotopic (exact) mass is 327 g/mol. The zero-order chi connectivity index (χ0) is 16.6. The summed E-state index contributed by atoms with van der Waals surface area (Å²) >= 11 is 0. The van der Waals surface area contributed by atoms with E-state index >= 15 is 0 Å². The number of fused-ring (bicyclic) bond motifs is 1. The Balaban J connectivity index is 2.10. The first-order valence-corrected chi connectivity index (χ1v) is 7.80. The number of piperidine rings is 1. The molecule has 23 heavy (non-hydrogen) atoms. The fourth-order valence-corrected chi connectivity index (χ4v) is 3.32. The number of alkyl halides is 3. The average molecular weight is 327 g/mol. The van der Waals surface area contributed by atoms with Crippen molar-refractivity contribution in [3.8, 4) is 5.75 Å². The van der Waals surface area contributed by atoms with Gasteiger partial charge in [0.2, 0.25) is 5.82 Å². The van der Waals surface area contributed by atoms with Crippen molar-refractivity contribution in [3.63, 3.8) is 0 Å². The molecule has 126 valence electrons. The van der Waals surface area contributed by atoms with Gasteiger partial charge in [-0.3, -0.25) is 0 Å². The van der Waals surface area contributed by atoms with E-state index in [9.17, 15) is 13.2 Å². The van der Waals surface area contributed by atoms with Gasteiger partial charge in [0.15, 0.2) is 0 Å². The molecule has 0 amide bonds. The van der Waals surface area contributed by atoms with Crippen molar-refractivity contribution < 1.29 is 17.9 Å². The third-order valence-electron chi connectivity index (χ3n) is 4.53. The van der Waals surface area contributed by atoms with E-state index in [0.717, 1.165) is 19.6 Å². The summed E-state index contributed by atoms with van der Waals surface area (Å²) in [5, 5.41) is 0. The number of aromatic nitrogens is 2. The maximum atomic E-state index is 13.5. The molecule has 0 aliphatic carbocycles. The molecule has 0 unspecified atom stereocenters. The second-order valence-corrected chi connectivity index (χ2v) is 5.80. The highest BCUT2D eigenvalue weighted by atomic mass is 19.4. The fraction of sp³-hybridized carbons (Fsp3) is 0.562. The van der Waals surface area contributed by atoms with Gasteiger partial charge in [-0.2, -0.15) is 13.2 Å². The van der Waals surface area contributed by atoms with Crippen LogP contribution in [-0.4, -0.2) is 41.2 Å². The number of para-hydroxylation sites is 1. The Bertz CT molecular complexity index is 688. The Labute approximate surface area is 132 Å². The SMILES string of the molecule is CCN1CCC(n2c(C(F)(F)F)nc3c(OC)cccc32)CC1. The summed E-state index contributed by atoms with van der Waals surface area (Å²) in [4.78, 5) is 6.12. The summed E-state index contributed by atoms with van der Waals surface area (Å²) < 4.78 is 47.0. The minimum atomic E-state index is -4.48. The van der Waals surface area contributed by atoms with E-state index < -0.39 is 12.0 Å². The van der Waals surface area contributed by atoms with Crippen LogP contribution in [0.2, 0.25) is 0 Å². The molecule has 0 radical (unpaired) electrons. The van der Waals surface area contributed by atoms with Gasteiger partial charge in [0.25, 0.3) is 0 Å². The number of likely N-dealkylation sites (tertiary alicyclic amines) is 1. The predicted octanol–water partition coefficient (Wildman–Crippen LogP) is 3.72. The summed E-state index contributed by atoms with van der Waals surface area (Å²) in [5.74, 6) is -0.454. The molecule has 0 saturated carbocycles. The lowest BCUT2D eigenvalue weighted by atomic mass is 10.0. The van der Waals surface area contributed by atoms with E-state index in [-0.39, 0.29) is 11.6 Å². The van der Waals surface area contributed by atoms with Gasteiger partial charge in [-0.1, -0.05) is 13.0 Å². The van der Waals surface area contributed by atoms with Crippen molar-refractivity contribution in [2.75, 3.05) is 26.7 Å². The van der Waals surface area contributed by atoms with E-state index in [1.165, 1.54) is 11.7 Å². The van der Waals surface area contributed by atoms with Crippen LogP contribution in [0.5, 0.6) is 5.75 Å². The minimum absolute atomic E-state index is 0.188. The van der Waals surface area contributed by atoms with Gasteiger partial charge in [-0.15, -0.1) is 0 Å². The lowest BCUT2D eigenvalue weighted by molar-refractivity contribution is -0.147. The first-order valence-electron chi connectivity index (χ1n) is 7.80. The first-order chi connectivity index (χ1) is 11.0. The lowest BCUT2D eigenvalue weighted by Crippen LogP contribution is -2.35. The van der Waals surface area contributed by atoms with E-state index in [2.05, 4.69) is 16.8 Å². The molecule has 0 bridgehead atoms. The van der Waals surface area contributed by atoms with Crippen LogP contribution in [0.25, 0.3) is 11.0 Å². The van der Waals surface area contributed by atoms with Crippen LogP contribution in [0.1, 0.15) is 31.6 Å². The van der Waals surface area contributed by atoms with Crippen LogP contribution in [0.3, 0.4) is 0 Å². The fourth-order valence-electron chi connectivity index (χ4n) is 3.32. The molecule has 1 saturated heterocycles. The van der Waals surface area contributed by atoms with Crippen LogP contribution >= 0.6 is 0 Å². The van der Waals surface area contributed by atoms with Gasteiger partial charge in [-0.05, 0) is 31.5 Å². The molecule has 0 atom stereocenters. The van der Waals surface area contributed by atoms with Gasteiger partial charge in [0.05, 0.1) is 12.6 Å². The average Bonchev–Trinajstić information content (AvgIpc) is 2.94. The van der Waals surface area contributed by atoms with Crippen LogP contribution in [0.4, 0.5) is 13.2 Å².